The summed E-state index contributed by atoms with van der Waals surface area (Å²) in [6.45, 7) is 0. The van der Waals surface area contributed by atoms with Gasteiger partial charge < -0.3 is 0 Å². The highest BCUT2D eigenvalue weighted by Crippen LogP contribution is 2.23. The van der Waals surface area contributed by atoms with Crippen LogP contribution in [0.5, 0.6) is 0 Å². The van der Waals surface area contributed by atoms with Gasteiger partial charge in [0, 0.05) is 10.0 Å². The van der Waals surface area contributed by atoms with Crippen molar-refractivity contribution in [1.82, 2.24) is 0 Å². The van der Waals surface area contributed by atoms with E-state index in [2.05, 4.69) is 12.1 Å². The highest BCUT2D eigenvalue weighted by Gasteiger charge is 2.08. The molecule has 0 aromatic heterocycles. The molecule has 0 saturated heterocycles. The van der Waals surface area contributed by atoms with Gasteiger partial charge in [-0.15, -0.1) is 0 Å². The molecule has 3 nitrogen and oxygen atoms in total. The summed E-state index contributed by atoms with van der Waals surface area (Å²) in [5.74, 6) is 0. The van der Waals surface area contributed by atoms with Crippen LogP contribution >= 0.6 is 23.2 Å². The second kappa shape index (κ2) is 9.92. The summed E-state index contributed by atoms with van der Waals surface area (Å²) in [6, 6.07) is 31.3. The molecular formula is C24H18Cl2O3S. The van der Waals surface area contributed by atoms with Crippen molar-refractivity contribution in [2.24, 2.45) is 0 Å². The van der Waals surface area contributed by atoms with Crippen LogP contribution < -0.4 is 0 Å². The fourth-order valence-corrected chi connectivity index (χ4v) is 3.47. The van der Waals surface area contributed by atoms with Crippen LogP contribution in [0.3, 0.4) is 0 Å². The van der Waals surface area contributed by atoms with E-state index in [9.17, 15) is 8.42 Å². The zero-order valence-corrected chi connectivity index (χ0v) is 18.1. The molecule has 0 spiro atoms. The normalized spacial score (nSPS) is 10.8. The van der Waals surface area contributed by atoms with Gasteiger partial charge in [-0.1, -0.05) is 89.9 Å². The topological polar surface area (TPSA) is 54.4 Å². The Hall–Kier alpha value is -2.63. The van der Waals surface area contributed by atoms with Crippen molar-refractivity contribution in [3.63, 3.8) is 0 Å². The van der Waals surface area contributed by atoms with Gasteiger partial charge in [0.2, 0.25) is 0 Å². The van der Waals surface area contributed by atoms with E-state index >= 15 is 0 Å². The lowest BCUT2D eigenvalue weighted by atomic mass is 10.1. The zero-order valence-electron chi connectivity index (χ0n) is 15.7. The van der Waals surface area contributed by atoms with Gasteiger partial charge in [-0.05, 0) is 58.7 Å². The molecule has 0 atom stereocenters. The molecule has 0 fully saturated rings. The van der Waals surface area contributed by atoms with Crippen LogP contribution in [0.2, 0.25) is 10.0 Å². The van der Waals surface area contributed by atoms with Crippen LogP contribution in [-0.4, -0.2) is 13.0 Å². The Bertz CT molecular complexity index is 1190. The Morgan fingerprint density at radius 2 is 0.833 bits per heavy atom. The molecule has 0 radical (unpaired) electrons. The first kappa shape index (κ1) is 22.1. The molecule has 4 aromatic carbocycles. The van der Waals surface area contributed by atoms with Crippen molar-refractivity contribution in [3.8, 4) is 22.3 Å². The van der Waals surface area contributed by atoms with Gasteiger partial charge in [-0.25, -0.2) is 0 Å². The van der Waals surface area contributed by atoms with Crippen LogP contribution in [0.4, 0.5) is 0 Å². The highest BCUT2D eigenvalue weighted by atomic mass is 35.5. The summed E-state index contributed by atoms with van der Waals surface area (Å²) in [6.07, 6.45) is 0. The van der Waals surface area contributed by atoms with E-state index in [-0.39, 0.29) is 4.90 Å². The third-order valence-corrected chi connectivity index (χ3v) is 5.65. The fraction of sp³-hybridized carbons (Fsp3) is 0. The average Bonchev–Trinajstić information content (AvgIpc) is 2.75. The number of rotatable bonds is 3. The minimum Gasteiger partial charge on any atom is -0.282 e. The maximum Gasteiger partial charge on any atom is 0.294 e. The minimum absolute atomic E-state index is 0.116. The molecule has 0 saturated carbocycles. The van der Waals surface area contributed by atoms with E-state index in [0.29, 0.717) is 5.02 Å². The molecule has 4 rings (SSSR count). The number of halogens is 2. The lowest BCUT2D eigenvalue weighted by Crippen LogP contribution is -1.97. The molecule has 0 aliphatic rings. The van der Waals surface area contributed by atoms with Crippen molar-refractivity contribution in [2.45, 2.75) is 4.90 Å². The Kier molecular flexibility index (Phi) is 7.29. The Labute approximate surface area is 186 Å². The first-order chi connectivity index (χ1) is 14.3. The van der Waals surface area contributed by atoms with Crippen LogP contribution in [0.1, 0.15) is 0 Å². The molecule has 152 valence electrons. The van der Waals surface area contributed by atoms with E-state index < -0.39 is 10.1 Å². The molecule has 0 bridgehead atoms. The third-order valence-electron chi connectivity index (χ3n) is 4.28. The van der Waals surface area contributed by atoms with Crippen LogP contribution in [0.15, 0.2) is 108 Å². The van der Waals surface area contributed by atoms with Crippen LogP contribution in [0, 0.1) is 0 Å². The van der Waals surface area contributed by atoms with Crippen molar-refractivity contribution in [1.29, 1.82) is 0 Å². The predicted octanol–water partition coefficient (Wildman–Crippen LogP) is 7.26. The van der Waals surface area contributed by atoms with Gasteiger partial charge in [-0.2, -0.15) is 8.42 Å². The molecule has 30 heavy (non-hydrogen) atoms. The Morgan fingerprint density at radius 1 is 0.500 bits per heavy atom. The van der Waals surface area contributed by atoms with Crippen molar-refractivity contribution >= 4 is 33.3 Å². The molecule has 0 heterocycles. The van der Waals surface area contributed by atoms with Gasteiger partial charge in [-0.3, -0.25) is 4.55 Å². The second-order valence-electron chi connectivity index (χ2n) is 6.38. The van der Waals surface area contributed by atoms with Gasteiger partial charge >= 0.3 is 0 Å². The molecule has 0 amide bonds. The third kappa shape index (κ3) is 6.18. The maximum absolute atomic E-state index is 10.9. The molecule has 0 aliphatic carbocycles. The molecule has 1 N–H and O–H groups in total. The first-order valence-corrected chi connectivity index (χ1v) is 11.2. The zero-order chi connectivity index (χ0) is 21.6. The van der Waals surface area contributed by atoms with E-state index in [1.54, 1.807) is 24.3 Å². The quantitative estimate of drug-likeness (QED) is 0.330. The summed E-state index contributed by atoms with van der Waals surface area (Å²) in [5, 5.41) is 1.42. The minimum atomic E-state index is -4.13. The van der Waals surface area contributed by atoms with Gasteiger partial charge in [0.15, 0.2) is 0 Å². The van der Waals surface area contributed by atoms with E-state index in [4.69, 9.17) is 27.8 Å². The van der Waals surface area contributed by atoms with E-state index in [0.717, 1.165) is 16.1 Å². The fourth-order valence-electron chi connectivity index (χ4n) is 2.73. The Balaban J connectivity index is 0.000000177. The van der Waals surface area contributed by atoms with Crippen LogP contribution in [-0.2, 0) is 10.1 Å². The van der Waals surface area contributed by atoms with E-state index in [1.807, 2.05) is 54.6 Å². The van der Waals surface area contributed by atoms with Gasteiger partial charge in [0.05, 0.1) is 4.90 Å². The average molecular weight is 457 g/mol. The summed E-state index contributed by atoms with van der Waals surface area (Å²) in [7, 11) is -4.13. The molecule has 6 heteroatoms. The van der Waals surface area contributed by atoms with Gasteiger partial charge in [0.1, 0.15) is 0 Å². The number of hydrogen-bond acceptors (Lipinski definition) is 2. The second-order valence-corrected chi connectivity index (χ2v) is 8.67. The maximum atomic E-state index is 10.9. The number of benzene rings is 4. The summed E-state index contributed by atoms with van der Waals surface area (Å²) in [5.41, 5.74) is 4.20. The summed E-state index contributed by atoms with van der Waals surface area (Å²) < 4.78 is 30.6. The standard InChI is InChI=1S/C12H9ClO3S.C12H9Cl/c13-11-5-1-9(2-6-11)10-3-7-12(8-4-10)17(14,15)16;13-12-8-6-11(7-9-12)10-4-2-1-3-5-10/h1-8H,(H,14,15,16);1-9H. The molecule has 0 aliphatic heterocycles. The Morgan fingerprint density at radius 3 is 1.20 bits per heavy atom. The summed E-state index contributed by atoms with van der Waals surface area (Å²) in [4.78, 5) is -0.116. The van der Waals surface area contributed by atoms with E-state index in [1.165, 1.54) is 23.3 Å². The largest absolute Gasteiger partial charge is 0.294 e. The molecular weight excluding hydrogens is 439 g/mol. The molecule has 0 unspecified atom stereocenters. The number of hydrogen-bond donors (Lipinski definition) is 1. The predicted molar refractivity (Wildman–Crippen MR) is 124 cm³/mol. The van der Waals surface area contributed by atoms with Crippen molar-refractivity contribution < 1.29 is 13.0 Å². The lowest BCUT2D eigenvalue weighted by Gasteiger charge is -2.02. The highest BCUT2D eigenvalue weighted by molar-refractivity contribution is 7.85. The van der Waals surface area contributed by atoms with Crippen molar-refractivity contribution in [2.75, 3.05) is 0 Å². The SMILES string of the molecule is Clc1ccc(-c2ccccc2)cc1.O=S(=O)(O)c1ccc(-c2ccc(Cl)cc2)cc1. The summed E-state index contributed by atoms with van der Waals surface area (Å²) >= 11 is 11.6. The molecule has 4 aromatic rings. The van der Waals surface area contributed by atoms with Crippen molar-refractivity contribution in [3.05, 3.63) is 113 Å². The lowest BCUT2D eigenvalue weighted by molar-refractivity contribution is 0.483. The smallest absolute Gasteiger partial charge is 0.282 e. The van der Waals surface area contributed by atoms with Crippen LogP contribution in [0.25, 0.3) is 22.3 Å². The first-order valence-electron chi connectivity index (χ1n) is 8.97. The van der Waals surface area contributed by atoms with Gasteiger partial charge in [0.25, 0.3) is 10.1 Å². The monoisotopic (exact) mass is 456 g/mol.